The number of nitrogens with zero attached hydrogens (tertiary/aromatic N) is 2. The minimum atomic E-state index is -3.54. The highest BCUT2D eigenvalue weighted by molar-refractivity contribution is 7.89. The largest absolute Gasteiger partial charge is 0.353 e. The van der Waals surface area contributed by atoms with Crippen LogP contribution in [0.25, 0.3) is 0 Å². The second-order valence-corrected chi connectivity index (χ2v) is 9.85. The summed E-state index contributed by atoms with van der Waals surface area (Å²) in [7, 11) is -3.54. The van der Waals surface area contributed by atoms with E-state index in [4.69, 9.17) is 0 Å². The van der Waals surface area contributed by atoms with E-state index in [2.05, 4.69) is 22.3 Å². The second-order valence-electron chi connectivity index (χ2n) is 7.91. The molecule has 0 unspecified atom stereocenters. The number of piperazine rings is 1. The van der Waals surface area contributed by atoms with Crippen LogP contribution in [0.5, 0.6) is 0 Å². The first-order chi connectivity index (χ1) is 13.9. The molecule has 1 amide bonds. The first-order valence-electron chi connectivity index (χ1n) is 10.1. The van der Waals surface area contributed by atoms with Gasteiger partial charge in [-0.3, -0.25) is 9.69 Å². The first kappa shape index (κ1) is 20.1. The number of sulfonamides is 1. The summed E-state index contributed by atoms with van der Waals surface area (Å²) >= 11 is 0. The Morgan fingerprint density at radius 2 is 1.62 bits per heavy atom. The summed E-state index contributed by atoms with van der Waals surface area (Å²) in [5.41, 5.74) is 1.54. The van der Waals surface area contributed by atoms with E-state index in [1.54, 1.807) is 12.1 Å². The Bertz CT molecular complexity index is 966. The molecule has 0 radical (unpaired) electrons. The van der Waals surface area contributed by atoms with Crippen molar-refractivity contribution in [2.45, 2.75) is 36.7 Å². The number of carbonyl (C=O) groups excluding carboxylic acids is 1. The summed E-state index contributed by atoms with van der Waals surface area (Å²) < 4.78 is 27.6. The average molecular weight is 414 g/mol. The van der Waals surface area contributed by atoms with Crippen LogP contribution in [-0.4, -0.2) is 55.2 Å². The molecule has 2 fully saturated rings. The number of piperidine rings is 1. The standard InChI is InChI=1S/C22H27N3O3S/c1-18-7-9-20(10-8-18)29(27,28)25-14-11-22(12-15-25)21(26)23-13-16-24(22)17-19-5-3-2-4-6-19/h2-10H,11-17H2,1H3,(H,23,26). The highest BCUT2D eigenvalue weighted by atomic mass is 32.2. The van der Waals surface area contributed by atoms with Crippen LogP contribution in [0.2, 0.25) is 0 Å². The van der Waals surface area contributed by atoms with Crippen molar-refractivity contribution in [3.05, 3.63) is 65.7 Å². The molecule has 0 atom stereocenters. The van der Waals surface area contributed by atoms with Crippen molar-refractivity contribution in [1.82, 2.24) is 14.5 Å². The van der Waals surface area contributed by atoms with Gasteiger partial charge in [0, 0.05) is 32.7 Å². The third kappa shape index (κ3) is 3.82. The van der Waals surface area contributed by atoms with Crippen molar-refractivity contribution < 1.29 is 13.2 Å². The number of nitrogens with one attached hydrogen (secondary N) is 1. The van der Waals surface area contributed by atoms with Gasteiger partial charge in [0.05, 0.1) is 4.90 Å². The van der Waals surface area contributed by atoms with Gasteiger partial charge in [-0.05, 0) is 37.5 Å². The zero-order valence-electron chi connectivity index (χ0n) is 16.7. The molecule has 154 valence electrons. The van der Waals surface area contributed by atoms with Gasteiger partial charge >= 0.3 is 0 Å². The van der Waals surface area contributed by atoms with Crippen molar-refractivity contribution in [3.63, 3.8) is 0 Å². The number of aryl methyl sites for hydroxylation is 1. The van der Waals surface area contributed by atoms with Gasteiger partial charge in [0.15, 0.2) is 0 Å². The zero-order chi connectivity index (χ0) is 20.5. The summed E-state index contributed by atoms with van der Waals surface area (Å²) in [6.07, 6.45) is 0.994. The van der Waals surface area contributed by atoms with Gasteiger partial charge in [0.2, 0.25) is 15.9 Å². The second kappa shape index (κ2) is 7.89. The van der Waals surface area contributed by atoms with Crippen LogP contribution in [0.4, 0.5) is 0 Å². The Kier molecular flexibility index (Phi) is 5.46. The summed E-state index contributed by atoms with van der Waals surface area (Å²) in [4.78, 5) is 15.5. The van der Waals surface area contributed by atoms with Gasteiger partial charge in [-0.25, -0.2) is 8.42 Å². The van der Waals surface area contributed by atoms with Crippen molar-refractivity contribution in [3.8, 4) is 0 Å². The monoisotopic (exact) mass is 413 g/mol. The fraction of sp³-hybridized carbons (Fsp3) is 0.409. The van der Waals surface area contributed by atoms with Gasteiger partial charge in [-0.1, -0.05) is 48.0 Å². The van der Waals surface area contributed by atoms with E-state index in [0.29, 0.717) is 43.9 Å². The molecule has 6 nitrogen and oxygen atoms in total. The maximum atomic E-state index is 13.0. The Hall–Kier alpha value is -2.22. The summed E-state index contributed by atoms with van der Waals surface area (Å²) in [6.45, 7) is 4.71. The summed E-state index contributed by atoms with van der Waals surface area (Å²) in [5, 5.41) is 3.00. The van der Waals surface area contributed by atoms with Crippen LogP contribution in [0, 0.1) is 6.92 Å². The van der Waals surface area contributed by atoms with Crippen LogP contribution < -0.4 is 5.32 Å². The minimum absolute atomic E-state index is 0.0204. The molecule has 7 heteroatoms. The molecule has 2 aliphatic heterocycles. The fourth-order valence-corrected chi connectivity index (χ4v) is 5.80. The number of hydrogen-bond donors (Lipinski definition) is 1. The smallest absolute Gasteiger partial charge is 0.243 e. The highest BCUT2D eigenvalue weighted by Crippen LogP contribution is 2.34. The van der Waals surface area contributed by atoms with Crippen molar-refractivity contribution in [1.29, 1.82) is 0 Å². The molecule has 2 aromatic carbocycles. The predicted molar refractivity (Wildman–Crippen MR) is 112 cm³/mol. The van der Waals surface area contributed by atoms with E-state index in [1.807, 2.05) is 37.3 Å². The van der Waals surface area contributed by atoms with Gasteiger partial charge in [-0.15, -0.1) is 0 Å². The average Bonchev–Trinajstić information content (AvgIpc) is 2.73. The predicted octanol–water partition coefficient (Wildman–Crippen LogP) is 2.15. The normalized spacial score (nSPS) is 20.5. The minimum Gasteiger partial charge on any atom is -0.353 e. The third-order valence-electron chi connectivity index (χ3n) is 6.12. The van der Waals surface area contributed by atoms with Crippen LogP contribution in [-0.2, 0) is 21.4 Å². The zero-order valence-corrected chi connectivity index (χ0v) is 17.5. The van der Waals surface area contributed by atoms with E-state index in [1.165, 1.54) is 4.31 Å². The molecular formula is C22H27N3O3S. The Balaban J connectivity index is 1.53. The maximum Gasteiger partial charge on any atom is 0.243 e. The van der Waals surface area contributed by atoms with Crippen molar-refractivity contribution >= 4 is 15.9 Å². The lowest BCUT2D eigenvalue weighted by Crippen LogP contribution is -2.67. The van der Waals surface area contributed by atoms with Gasteiger partial charge in [0.25, 0.3) is 0 Å². The molecule has 0 aromatic heterocycles. The maximum absolute atomic E-state index is 13.0. The molecule has 2 heterocycles. The highest BCUT2D eigenvalue weighted by Gasteiger charge is 2.49. The molecule has 1 spiro atoms. The van der Waals surface area contributed by atoms with Crippen molar-refractivity contribution in [2.24, 2.45) is 0 Å². The molecule has 0 saturated carbocycles. The number of rotatable bonds is 4. The van der Waals surface area contributed by atoms with E-state index < -0.39 is 15.6 Å². The Morgan fingerprint density at radius 1 is 0.966 bits per heavy atom. The van der Waals surface area contributed by atoms with Gasteiger partial charge in [0.1, 0.15) is 5.54 Å². The molecule has 2 aromatic rings. The molecule has 2 aliphatic rings. The Morgan fingerprint density at radius 3 is 2.28 bits per heavy atom. The lowest BCUT2D eigenvalue weighted by molar-refractivity contribution is -0.141. The quantitative estimate of drug-likeness (QED) is 0.834. The lowest BCUT2D eigenvalue weighted by atomic mass is 9.83. The molecule has 0 bridgehead atoms. The molecular weight excluding hydrogens is 386 g/mol. The van der Waals surface area contributed by atoms with Crippen molar-refractivity contribution in [2.75, 3.05) is 26.2 Å². The third-order valence-corrected chi connectivity index (χ3v) is 8.03. The van der Waals surface area contributed by atoms with E-state index >= 15 is 0 Å². The van der Waals surface area contributed by atoms with E-state index in [-0.39, 0.29) is 5.91 Å². The van der Waals surface area contributed by atoms with Crippen LogP contribution in [0.1, 0.15) is 24.0 Å². The molecule has 0 aliphatic carbocycles. The molecule has 2 saturated heterocycles. The number of amides is 1. The van der Waals surface area contributed by atoms with Crippen LogP contribution in [0.15, 0.2) is 59.5 Å². The Labute approximate surface area is 172 Å². The molecule has 4 rings (SSSR count). The van der Waals surface area contributed by atoms with Crippen LogP contribution in [0.3, 0.4) is 0 Å². The SMILES string of the molecule is Cc1ccc(S(=O)(=O)N2CCC3(CC2)C(=O)NCCN3Cc2ccccc2)cc1. The van der Waals surface area contributed by atoms with E-state index in [9.17, 15) is 13.2 Å². The van der Waals surface area contributed by atoms with Gasteiger partial charge in [-0.2, -0.15) is 4.31 Å². The summed E-state index contributed by atoms with van der Waals surface area (Å²) in [6, 6.07) is 17.1. The van der Waals surface area contributed by atoms with Crippen LogP contribution >= 0.6 is 0 Å². The fourth-order valence-electron chi connectivity index (χ4n) is 4.36. The lowest BCUT2D eigenvalue weighted by Gasteiger charge is -2.49. The van der Waals surface area contributed by atoms with Gasteiger partial charge < -0.3 is 5.32 Å². The molecule has 1 N–H and O–H groups in total. The summed E-state index contributed by atoms with van der Waals surface area (Å²) in [5.74, 6) is 0.0204. The van der Waals surface area contributed by atoms with E-state index in [0.717, 1.165) is 17.7 Å². The number of carbonyl (C=O) groups is 1. The topological polar surface area (TPSA) is 69.7 Å². The molecule has 29 heavy (non-hydrogen) atoms. The number of hydrogen-bond acceptors (Lipinski definition) is 4. The first-order valence-corrected chi connectivity index (χ1v) is 11.5. The number of benzene rings is 2.